The molecule has 0 aliphatic rings. The van der Waals surface area contributed by atoms with Gasteiger partial charge in [-0.15, -0.1) is 0 Å². The van der Waals surface area contributed by atoms with Crippen LogP contribution >= 0.6 is 0 Å². The molecule has 0 radical (unpaired) electrons. The average Bonchev–Trinajstić information content (AvgIpc) is 2.42. The molecule has 0 fully saturated rings. The highest BCUT2D eigenvalue weighted by atomic mass is 16.5. The minimum atomic E-state index is -0.725. The smallest absolute Gasteiger partial charge is 0.312 e. The molecule has 0 saturated heterocycles. The Labute approximate surface area is 113 Å². The Morgan fingerprint density at radius 2 is 1.95 bits per heavy atom. The number of hydrogen-bond acceptors (Lipinski definition) is 5. The number of carbonyl (C=O) groups is 2. The molecule has 0 saturated carbocycles. The van der Waals surface area contributed by atoms with Gasteiger partial charge in [-0.2, -0.15) is 5.10 Å². The van der Waals surface area contributed by atoms with Crippen molar-refractivity contribution in [1.29, 1.82) is 0 Å². The molecule has 7 nitrogen and oxygen atoms in total. The van der Waals surface area contributed by atoms with Crippen molar-refractivity contribution in [2.45, 2.75) is 6.42 Å². The van der Waals surface area contributed by atoms with Gasteiger partial charge in [-0.05, 0) is 6.07 Å². The molecule has 0 unspecified atom stereocenters. The average molecular weight is 275 g/mol. The van der Waals surface area contributed by atoms with Gasteiger partial charge in [0.1, 0.15) is 0 Å². The molecule has 1 amide bonds. The Balaban J connectivity index is 2.35. The Morgan fingerprint density at radius 1 is 1.30 bits per heavy atom. The van der Waals surface area contributed by atoms with Crippen LogP contribution in [0.25, 0.3) is 10.8 Å². The number of primary amides is 1. The summed E-state index contributed by atoms with van der Waals surface area (Å²) in [5.74, 6) is -1.35. The zero-order valence-electron chi connectivity index (χ0n) is 10.8. The lowest BCUT2D eigenvalue weighted by Gasteiger charge is -2.07. The van der Waals surface area contributed by atoms with E-state index in [0.717, 1.165) is 0 Å². The Kier molecular flexibility index (Phi) is 3.79. The number of carbonyl (C=O) groups excluding carboxylic acids is 2. The number of esters is 1. The predicted molar refractivity (Wildman–Crippen MR) is 70.8 cm³/mol. The van der Waals surface area contributed by atoms with Gasteiger partial charge in [0, 0.05) is 12.4 Å². The number of nitrogens with zero attached hydrogens (tertiary/aromatic N) is 2. The van der Waals surface area contributed by atoms with Gasteiger partial charge in [0.15, 0.2) is 6.61 Å². The summed E-state index contributed by atoms with van der Waals surface area (Å²) < 4.78 is 5.85. The fourth-order valence-corrected chi connectivity index (χ4v) is 1.85. The van der Waals surface area contributed by atoms with Crippen LogP contribution < -0.4 is 11.3 Å². The van der Waals surface area contributed by atoms with E-state index in [0.29, 0.717) is 16.5 Å². The van der Waals surface area contributed by atoms with Crippen LogP contribution in [0.4, 0.5) is 0 Å². The van der Waals surface area contributed by atoms with Crippen molar-refractivity contribution in [3.8, 4) is 0 Å². The molecule has 2 N–H and O–H groups in total. The molecule has 0 spiro atoms. The van der Waals surface area contributed by atoms with E-state index in [4.69, 9.17) is 5.73 Å². The van der Waals surface area contributed by atoms with Crippen molar-refractivity contribution in [3.05, 3.63) is 40.3 Å². The van der Waals surface area contributed by atoms with E-state index in [9.17, 15) is 14.4 Å². The van der Waals surface area contributed by atoms with Crippen LogP contribution in [0, 0.1) is 0 Å². The van der Waals surface area contributed by atoms with E-state index in [1.807, 2.05) is 0 Å². The molecule has 7 heteroatoms. The number of fused-ring (bicyclic) bond motifs is 1. The number of nitrogens with two attached hydrogens (primary N) is 1. The summed E-state index contributed by atoms with van der Waals surface area (Å²) in [6.07, 6.45) is -0.137. The fraction of sp³-hybridized carbons (Fsp3) is 0.231. The second-order valence-electron chi connectivity index (χ2n) is 4.22. The maximum atomic E-state index is 11.9. The highest BCUT2D eigenvalue weighted by Crippen LogP contribution is 2.13. The largest absolute Gasteiger partial charge is 0.455 e. The van der Waals surface area contributed by atoms with Gasteiger partial charge in [-0.3, -0.25) is 14.4 Å². The minimum absolute atomic E-state index is 0.137. The third-order valence-corrected chi connectivity index (χ3v) is 2.72. The second kappa shape index (κ2) is 5.52. The van der Waals surface area contributed by atoms with Gasteiger partial charge >= 0.3 is 5.97 Å². The number of aryl methyl sites for hydroxylation is 1. The van der Waals surface area contributed by atoms with E-state index < -0.39 is 18.5 Å². The first kappa shape index (κ1) is 13.7. The molecule has 1 aromatic heterocycles. The lowest BCUT2D eigenvalue weighted by atomic mass is 10.1. The van der Waals surface area contributed by atoms with Gasteiger partial charge in [0.25, 0.3) is 11.5 Å². The topological polar surface area (TPSA) is 104 Å². The maximum Gasteiger partial charge on any atom is 0.312 e. The molecule has 1 heterocycles. The molecular formula is C13H13N3O4. The molecule has 0 atom stereocenters. The van der Waals surface area contributed by atoms with Crippen molar-refractivity contribution in [2.24, 2.45) is 12.8 Å². The number of hydrogen-bond donors (Lipinski definition) is 1. The lowest BCUT2D eigenvalue weighted by molar-refractivity contribution is -0.147. The molecule has 0 aliphatic heterocycles. The standard InChI is InChI=1S/C13H13N3O4/c1-16-13(19)9-5-3-2-4-8(9)10(15-16)6-12(18)20-7-11(14)17/h2-5H,6-7H2,1H3,(H2,14,17). The molecule has 20 heavy (non-hydrogen) atoms. The summed E-state index contributed by atoms with van der Waals surface area (Å²) in [5, 5.41) is 5.12. The summed E-state index contributed by atoms with van der Waals surface area (Å²) in [6, 6.07) is 6.86. The van der Waals surface area contributed by atoms with Crippen LogP contribution in [0.5, 0.6) is 0 Å². The molecular weight excluding hydrogens is 262 g/mol. The first-order valence-corrected chi connectivity index (χ1v) is 5.88. The zero-order valence-corrected chi connectivity index (χ0v) is 10.8. The van der Waals surface area contributed by atoms with Crippen LogP contribution in [-0.2, 0) is 27.8 Å². The van der Waals surface area contributed by atoms with Crippen molar-refractivity contribution in [1.82, 2.24) is 9.78 Å². The van der Waals surface area contributed by atoms with E-state index in [1.54, 1.807) is 24.3 Å². The van der Waals surface area contributed by atoms with E-state index in [1.165, 1.54) is 11.7 Å². The van der Waals surface area contributed by atoms with Crippen LogP contribution in [0.3, 0.4) is 0 Å². The van der Waals surface area contributed by atoms with Crippen LogP contribution in [-0.4, -0.2) is 28.3 Å². The van der Waals surface area contributed by atoms with Gasteiger partial charge in [-0.1, -0.05) is 18.2 Å². The minimum Gasteiger partial charge on any atom is -0.455 e. The van der Waals surface area contributed by atoms with Crippen molar-refractivity contribution in [3.63, 3.8) is 0 Å². The van der Waals surface area contributed by atoms with E-state index in [2.05, 4.69) is 9.84 Å². The first-order chi connectivity index (χ1) is 9.49. The van der Waals surface area contributed by atoms with Crippen molar-refractivity contribution >= 4 is 22.6 Å². The quantitative estimate of drug-likeness (QED) is 0.758. The number of amides is 1. The monoisotopic (exact) mass is 275 g/mol. The number of ether oxygens (including phenoxy) is 1. The normalized spacial score (nSPS) is 10.4. The van der Waals surface area contributed by atoms with Gasteiger partial charge in [0.2, 0.25) is 0 Å². The van der Waals surface area contributed by atoms with Crippen LogP contribution in [0.2, 0.25) is 0 Å². The number of aromatic nitrogens is 2. The third kappa shape index (κ3) is 2.82. The van der Waals surface area contributed by atoms with Crippen LogP contribution in [0.1, 0.15) is 5.69 Å². The number of rotatable bonds is 4. The zero-order chi connectivity index (χ0) is 14.7. The Hall–Kier alpha value is -2.70. The molecule has 2 rings (SSSR count). The molecule has 2 aromatic rings. The summed E-state index contributed by atoms with van der Waals surface area (Å²) in [4.78, 5) is 34.1. The SMILES string of the molecule is Cn1nc(CC(=O)OCC(N)=O)c2ccccc2c1=O. The molecule has 0 aliphatic carbocycles. The second-order valence-corrected chi connectivity index (χ2v) is 4.22. The lowest BCUT2D eigenvalue weighted by Crippen LogP contribution is -2.24. The third-order valence-electron chi connectivity index (χ3n) is 2.72. The number of benzene rings is 1. The summed E-state index contributed by atoms with van der Waals surface area (Å²) in [7, 11) is 1.51. The van der Waals surface area contributed by atoms with Gasteiger partial charge in [-0.25, -0.2) is 4.68 Å². The highest BCUT2D eigenvalue weighted by Gasteiger charge is 2.13. The Morgan fingerprint density at radius 3 is 2.60 bits per heavy atom. The summed E-state index contributed by atoms with van der Waals surface area (Å²) in [6.45, 7) is -0.470. The van der Waals surface area contributed by atoms with Crippen molar-refractivity contribution < 1.29 is 14.3 Å². The van der Waals surface area contributed by atoms with Gasteiger partial charge in [0.05, 0.1) is 17.5 Å². The molecule has 104 valence electrons. The highest BCUT2D eigenvalue weighted by molar-refractivity contribution is 5.87. The fourth-order valence-electron chi connectivity index (χ4n) is 1.85. The maximum absolute atomic E-state index is 11.9. The molecule has 0 bridgehead atoms. The summed E-state index contributed by atoms with van der Waals surface area (Å²) >= 11 is 0. The van der Waals surface area contributed by atoms with E-state index >= 15 is 0 Å². The Bertz CT molecular complexity index is 736. The van der Waals surface area contributed by atoms with Gasteiger partial charge < -0.3 is 10.5 Å². The summed E-state index contributed by atoms with van der Waals surface area (Å²) in [5.41, 5.74) is 5.06. The first-order valence-electron chi connectivity index (χ1n) is 5.88. The van der Waals surface area contributed by atoms with Crippen molar-refractivity contribution in [2.75, 3.05) is 6.61 Å². The predicted octanol–water partition coefficient (Wildman–Crippen LogP) is -0.496. The molecule has 1 aromatic carbocycles. The van der Waals surface area contributed by atoms with E-state index in [-0.39, 0.29) is 12.0 Å². The van der Waals surface area contributed by atoms with Crippen LogP contribution in [0.15, 0.2) is 29.1 Å².